The van der Waals surface area contributed by atoms with E-state index in [1.807, 2.05) is 0 Å². The molecule has 258 valence electrons. The third kappa shape index (κ3) is 6.87. The highest BCUT2D eigenvalue weighted by Crippen LogP contribution is 2.42. The average molecular weight is 691 g/mol. The topological polar surface area (TPSA) is 0 Å². The molecule has 0 fully saturated rings. The normalized spacial score (nSPS) is 14.3. The number of hydrogen-bond acceptors (Lipinski definition) is 0. The van der Waals surface area contributed by atoms with Gasteiger partial charge in [-0.25, -0.2) is 0 Å². The molecule has 0 aromatic heterocycles. The molecule has 4 aliphatic carbocycles. The van der Waals surface area contributed by atoms with Crippen LogP contribution in [0.4, 0.5) is 0 Å². The number of rotatable bonds is 4. The summed E-state index contributed by atoms with van der Waals surface area (Å²) in [5.41, 5.74) is 22.5. The van der Waals surface area contributed by atoms with Gasteiger partial charge in [-0.2, -0.15) is 0 Å². The lowest BCUT2D eigenvalue weighted by molar-refractivity contribution is 1.13. The van der Waals surface area contributed by atoms with Crippen LogP contribution in [0, 0.1) is 0 Å². The van der Waals surface area contributed by atoms with Gasteiger partial charge in [-0.1, -0.05) is 206 Å². The molecule has 7 aromatic rings. The van der Waals surface area contributed by atoms with Gasteiger partial charge in [0.15, 0.2) is 0 Å². The zero-order chi connectivity index (χ0) is 36.1. The highest BCUT2D eigenvalue weighted by molar-refractivity contribution is 6.03. The highest BCUT2D eigenvalue weighted by atomic mass is 14.3. The first-order valence-electron chi connectivity index (χ1n) is 19.1. The summed E-state index contributed by atoms with van der Waals surface area (Å²) >= 11 is 0. The van der Waals surface area contributed by atoms with Gasteiger partial charge in [0, 0.05) is 0 Å². The molecule has 11 rings (SSSR count). The predicted octanol–water partition coefficient (Wildman–Crippen LogP) is 13.1. The molecule has 0 radical (unpaired) electrons. The van der Waals surface area contributed by atoms with Gasteiger partial charge < -0.3 is 0 Å². The Balaban J connectivity index is 0.000000108. The second kappa shape index (κ2) is 15.2. The van der Waals surface area contributed by atoms with Crippen molar-refractivity contribution in [2.24, 2.45) is 0 Å². The second-order valence-electron chi connectivity index (χ2n) is 14.4. The summed E-state index contributed by atoms with van der Waals surface area (Å²) in [7, 11) is 0. The van der Waals surface area contributed by atoms with Gasteiger partial charge in [0.25, 0.3) is 0 Å². The van der Waals surface area contributed by atoms with Crippen molar-refractivity contribution in [1.29, 1.82) is 0 Å². The Bertz CT molecular complexity index is 2500. The minimum atomic E-state index is 1.02. The SMILES string of the molecule is C1=C(C2=Cc3ccccc3C2)Cc2ccccc21.C1=C(c2ccccc2)c2ccccc2C1.c1ccc(C2=C(c3ccccc3)c3ccccc3C2)cc1. The summed E-state index contributed by atoms with van der Waals surface area (Å²) in [6, 6.07) is 66.9. The van der Waals surface area contributed by atoms with Crippen molar-refractivity contribution in [3.8, 4) is 0 Å². The molecule has 0 atom stereocenters. The third-order valence-electron chi connectivity index (χ3n) is 11.0. The maximum atomic E-state index is 2.35. The van der Waals surface area contributed by atoms with Crippen LogP contribution in [0.1, 0.15) is 61.2 Å². The Hall–Kier alpha value is -6.50. The van der Waals surface area contributed by atoms with E-state index >= 15 is 0 Å². The first-order valence-corrected chi connectivity index (χ1v) is 19.1. The van der Waals surface area contributed by atoms with Crippen molar-refractivity contribution in [3.63, 3.8) is 0 Å². The van der Waals surface area contributed by atoms with Gasteiger partial charge >= 0.3 is 0 Å². The second-order valence-corrected chi connectivity index (χ2v) is 14.4. The molecule has 0 spiro atoms. The van der Waals surface area contributed by atoms with E-state index in [1.165, 1.54) is 89.1 Å². The Kier molecular flexibility index (Phi) is 9.41. The summed E-state index contributed by atoms with van der Waals surface area (Å²) in [6.45, 7) is 0. The number of fused-ring (bicyclic) bond motifs is 4. The Morgan fingerprint density at radius 1 is 0.315 bits per heavy atom. The molecule has 0 nitrogen and oxygen atoms in total. The summed E-state index contributed by atoms with van der Waals surface area (Å²) in [5.74, 6) is 0. The van der Waals surface area contributed by atoms with Crippen molar-refractivity contribution in [3.05, 3.63) is 266 Å². The molecule has 0 unspecified atom stereocenters. The predicted molar refractivity (Wildman–Crippen MR) is 229 cm³/mol. The fraction of sp³-hybridized carbons (Fsp3) is 0.0741. The van der Waals surface area contributed by atoms with E-state index in [1.54, 1.807) is 0 Å². The summed E-state index contributed by atoms with van der Waals surface area (Å²) < 4.78 is 0. The van der Waals surface area contributed by atoms with Crippen molar-refractivity contribution >= 4 is 28.9 Å². The fourth-order valence-electron chi connectivity index (χ4n) is 8.33. The van der Waals surface area contributed by atoms with Crippen LogP contribution in [0.2, 0.25) is 0 Å². The summed E-state index contributed by atoms with van der Waals surface area (Å²) in [5, 5.41) is 0. The van der Waals surface area contributed by atoms with Crippen LogP contribution in [-0.2, 0) is 25.7 Å². The molecule has 0 N–H and O–H groups in total. The van der Waals surface area contributed by atoms with Crippen LogP contribution in [-0.4, -0.2) is 0 Å². The number of hydrogen-bond donors (Lipinski definition) is 0. The first-order chi connectivity index (χ1) is 26.8. The van der Waals surface area contributed by atoms with Crippen LogP contribution >= 0.6 is 0 Å². The van der Waals surface area contributed by atoms with Crippen molar-refractivity contribution < 1.29 is 0 Å². The summed E-state index contributed by atoms with van der Waals surface area (Å²) in [4.78, 5) is 0. The Morgan fingerprint density at radius 3 is 1.33 bits per heavy atom. The van der Waals surface area contributed by atoms with E-state index in [0.717, 1.165) is 25.7 Å². The quantitative estimate of drug-likeness (QED) is 0.172. The standard InChI is InChI=1S/C21H16.C18H14.C15H12/c1-3-9-16(10-4-1)20-15-18-13-7-8-14-19(18)21(20)17-11-5-2-6-12-17;1-2-6-14-10-17(9-13(14)5-1)18-11-15-7-3-4-8-16(15)12-18;1-2-6-12(7-3-1)15-11-10-13-8-4-5-9-14(13)15/h1-14H,15H2;1-9,11H,10,12H2;1-9,11H,10H2. The molecule has 0 aliphatic heterocycles. The van der Waals surface area contributed by atoms with Crippen LogP contribution < -0.4 is 0 Å². The van der Waals surface area contributed by atoms with Crippen molar-refractivity contribution in [2.75, 3.05) is 0 Å². The Labute approximate surface area is 319 Å². The largest absolute Gasteiger partial charge is 0.0716 e. The van der Waals surface area contributed by atoms with E-state index in [2.05, 4.69) is 206 Å². The maximum Gasteiger partial charge on any atom is -0.000728 e. The van der Waals surface area contributed by atoms with Crippen LogP contribution in [0.15, 0.2) is 205 Å². The zero-order valence-electron chi connectivity index (χ0n) is 30.5. The van der Waals surface area contributed by atoms with Crippen LogP contribution in [0.25, 0.3) is 28.9 Å². The lowest BCUT2D eigenvalue weighted by Crippen LogP contribution is -1.90. The molecule has 0 amide bonds. The van der Waals surface area contributed by atoms with Gasteiger partial charge in [0.1, 0.15) is 0 Å². The molecule has 0 bridgehead atoms. The van der Waals surface area contributed by atoms with Crippen LogP contribution in [0.3, 0.4) is 0 Å². The summed E-state index contributed by atoms with van der Waals surface area (Å²) in [6.07, 6.45) is 11.3. The van der Waals surface area contributed by atoms with E-state index in [0.29, 0.717) is 0 Å². The number of allylic oxidation sites excluding steroid dienone is 4. The Morgan fingerprint density at radius 2 is 0.759 bits per heavy atom. The van der Waals surface area contributed by atoms with Gasteiger partial charge in [-0.3, -0.25) is 0 Å². The molecule has 7 aromatic carbocycles. The maximum absolute atomic E-state index is 2.35. The van der Waals surface area contributed by atoms with Crippen LogP contribution in [0.5, 0.6) is 0 Å². The van der Waals surface area contributed by atoms with E-state index in [-0.39, 0.29) is 0 Å². The minimum Gasteiger partial charge on any atom is -0.0716 e. The number of benzene rings is 7. The van der Waals surface area contributed by atoms with Gasteiger partial charge in [0.05, 0.1) is 0 Å². The molecule has 0 saturated heterocycles. The lowest BCUT2D eigenvalue weighted by atomic mass is 9.94. The van der Waals surface area contributed by atoms with Crippen molar-refractivity contribution in [2.45, 2.75) is 25.7 Å². The zero-order valence-corrected chi connectivity index (χ0v) is 30.5. The first kappa shape index (κ1) is 33.3. The molecular weight excluding hydrogens is 649 g/mol. The fourth-order valence-corrected chi connectivity index (χ4v) is 8.33. The molecular formula is C54H42. The van der Waals surface area contributed by atoms with E-state index < -0.39 is 0 Å². The van der Waals surface area contributed by atoms with Gasteiger partial charge in [0.2, 0.25) is 0 Å². The smallest absolute Gasteiger partial charge is 0.000728 e. The van der Waals surface area contributed by atoms with Gasteiger partial charge in [-0.05, 0) is 115 Å². The molecule has 4 aliphatic rings. The lowest BCUT2D eigenvalue weighted by Gasteiger charge is -2.09. The van der Waals surface area contributed by atoms with E-state index in [9.17, 15) is 0 Å². The minimum absolute atomic E-state index is 1.02. The average Bonchev–Trinajstić information content (AvgIpc) is 4.06. The third-order valence-corrected chi connectivity index (χ3v) is 11.0. The molecule has 0 heteroatoms. The van der Waals surface area contributed by atoms with Gasteiger partial charge in [-0.15, -0.1) is 0 Å². The monoisotopic (exact) mass is 690 g/mol. The molecule has 0 heterocycles. The highest BCUT2D eigenvalue weighted by Gasteiger charge is 2.23. The molecule has 54 heavy (non-hydrogen) atoms. The van der Waals surface area contributed by atoms with Crippen molar-refractivity contribution in [1.82, 2.24) is 0 Å². The molecule has 0 saturated carbocycles. The van der Waals surface area contributed by atoms with E-state index in [4.69, 9.17) is 0 Å².